The Bertz CT molecular complexity index is 691. The Hall–Kier alpha value is -2.34. The molecule has 0 spiro atoms. The Kier molecular flexibility index (Phi) is 4.05. The number of nitrogens with two attached hydrogens (primary N) is 1. The van der Waals surface area contributed by atoms with Gasteiger partial charge < -0.3 is 19.8 Å². The standard InChI is InChI=1S/C14H16N2O4/c1-16(2)14(18)8-19-9-3-4-13-11(5-9)12(17)6-10(7-15)20-13/h3-6H,7-8,15H2,1-2H3. The topological polar surface area (TPSA) is 85.8 Å². The van der Waals surface area contributed by atoms with Gasteiger partial charge in [0.25, 0.3) is 5.91 Å². The third kappa shape index (κ3) is 2.97. The van der Waals surface area contributed by atoms with Gasteiger partial charge in [-0.2, -0.15) is 0 Å². The zero-order valence-corrected chi connectivity index (χ0v) is 11.4. The fourth-order valence-electron chi connectivity index (χ4n) is 1.65. The summed E-state index contributed by atoms with van der Waals surface area (Å²) in [6.07, 6.45) is 0. The van der Waals surface area contributed by atoms with Gasteiger partial charge in [0.15, 0.2) is 12.0 Å². The van der Waals surface area contributed by atoms with Crippen LogP contribution < -0.4 is 15.9 Å². The second-order valence-electron chi connectivity index (χ2n) is 4.52. The Morgan fingerprint density at radius 2 is 2.10 bits per heavy atom. The van der Waals surface area contributed by atoms with Crippen LogP contribution in [0.5, 0.6) is 5.75 Å². The minimum Gasteiger partial charge on any atom is -0.484 e. The van der Waals surface area contributed by atoms with Crippen molar-refractivity contribution in [1.29, 1.82) is 0 Å². The summed E-state index contributed by atoms with van der Waals surface area (Å²) in [7, 11) is 3.30. The monoisotopic (exact) mass is 276 g/mol. The number of nitrogens with zero attached hydrogens (tertiary/aromatic N) is 1. The van der Waals surface area contributed by atoms with E-state index >= 15 is 0 Å². The van der Waals surface area contributed by atoms with Crippen molar-refractivity contribution in [2.24, 2.45) is 5.73 Å². The van der Waals surface area contributed by atoms with E-state index in [1.54, 1.807) is 32.3 Å². The molecule has 6 heteroatoms. The van der Waals surface area contributed by atoms with Crippen LogP contribution in [0.2, 0.25) is 0 Å². The zero-order chi connectivity index (χ0) is 14.7. The molecule has 1 heterocycles. The van der Waals surface area contributed by atoms with Crippen molar-refractivity contribution in [3.63, 3.8) is 0 Å². The van der Waals surface area contributed by atoms with Gasteiger partial charge in [-0.1, -0.05) is 0 Å². The lowest BCUT2D eigenvalue weighted by molar-refractivity contribution is -0.130. The molecule has 1 aromatic heterocycles. The second-order valence-corrected chi connectivity index (χ2v) is 4.52. The Morgan fingerprint density at radius 1 is 1.35 bits per heavy atom. The van der Waals surface area contributed by atoms with Crippen molar-refractivity contribution in [3.05, 3.63) is 40.2 Å². The van der Waals surface area contributed by atoms with Crippen LogP contribution in [0.3, 0.4) is 0 Å². The molecule has 0 aliphatic carbocycles. The highest BCUT2D eigenvalue weighted by molar-refractivity contribution is 5.79. The predicted octanol–water partition coefficient (Wildman–Crippen LogP) is 0.719. The summed E-state index contributed by atoms with van der Waals surface area (Å²) in [5, 5.41) is 0.400. The molecule has 20 heavy (non-hydrogen) atoms. The number of amides is 1. The molecule has 0 saturated carbocycles. The van der Waals surface area contributed by atoms with Crippen LogP contribution in [0.4, 0.5) is 0 Å². The Labute approximate surface area is 115 Å². The van der Waals surface area contributed by atoms with E-state index in [9.17, 15) is 9.59 Å². The fourth-order valence-corrected chi connectivity index (χ4v) is 1.65. The number of ether oxygens (including phenoxy) is 1. The zero-order valence-electron chi connectivity index (χ0n) is 11.4. The molecule has 2 rings (SSSR count). The summed E-state index contributed by atoms with van der Waals surface area (Å²) >= 11 is 0. The molecule has 106 valence electrons. The summed E-state index contributed by atoms with van der Waals surface area (Å²) in [5.74, 6) is 0.718. The van der Waals surface area contributed by atoms with Gasteiger partial charge in [-0.3, -0.25) is 9.59 Å². The first kappa shape index (κ1) is 14.1. The molecule has 0 fully saturated rings. The number of carbonyl (C=O) groups excluding carboxylic acids is 1. The Balaban J connectivity index is 2.28. The number of benzene rings is 1. The van der Waals surface area contributed by atoms with Crippen molar-refractivity contribution in [2.75, 3.05) is 20.7 Å². The summed E-state index contributed by atoms with van der Waals surface area (Å²) in [6, 6.07) is 6.20. The Morgan fingerprint density at radius 3 is 2.75 bits per heavy atom. The molecule has 1 aromatic carbocycles. The quantitative estimate of drug-likeness (QED) is 0.889. The largest absolute Gasteiger partial charge is 0.484 e. The van der Waals surface area contributed by atoms with Gasteiger partial charge in [0.05, 0.1) is 11.9 Å². The van der Waals surface area contributed by atoms with E-state index in [0.29, 0.717) is 22.5 Å². The van der Waals surface area contributed by atoms with E-state index in [1.165, 1.54) is 11.0 Å². The first-order valence-electron chi connectivity index (χ1n) is 6.11. The average Bonchev–Trinajstić information content (AvgIpc) is 2.44. The van der Waals surface area contributed by atoms with Crippen LogP contribution in [-0.2, 0) is 11.3 Å². The molecule has 0 bridgehead atoms. The van der Waals surface area contributed by atoms with E-state index in [2.05, 4.69) is 0 Å². The van der Waals surface area contributed by atoms with E-state index in [-0.39, 0.29) is 24.5 Å². The normalized spacial score (nSPS) is 10.6. The van der Waals surface area contributed by atoms with Crippen LogP contribution in [0.1, 0.15) is 5.76 Å². The SMILES string of the molecule is CN(C)C(=O)COc1ccc2oc(CN)cc(=O)c2c1. The number of hydrogen-bond acceptors (Lipinski definition) is 5. The molecule has 2 aromatic rings. The highest BCUT2D eigenvalue weighted by Gasteiger charge is 2.08. The van der Waals surface area contributed by atoms with E-state index in [1.807, 2.05) is 0 Å². The summed E-state index contributed by atoms with van der Waals surface area (Å²) in [6.45, 7) is 0.0888. The van der Waals surface area contributed by atoms with Gasteiger partial charge in [0, 0.05) is 20.2 Å². The number of likely N-dealkylation sites (N-methyl/N-ethyl adjacent to an activating group) is 1. The third-order valence-electron chi connectivity index (χ3n) is 2.81. The maximum Gasteiger partial charge on any atom is 0.259 e. The van der Waals surface area contributed by atoms with Gasteiger partial charge in [0.1, 0.15) is 17.1 Å². The van der Waals surface area contributed by atoms with Crippen molar-refractivity contribution in [1.82, 2.24) is 4.90 Å². The van der Waals surface area contributed by atoms with Crippen molar-refractivity contribution >= 4 is 16.9 Å². The summed E-state index contributed by atoms with van der Waals surface area (Å²) < 4.78 is 10.8. The van der Waals surface area contributed by atoms with E-state index in [0.717, 1.165) is 0 Å². The maximum absolute atomic E-state index is 11.9. The van der Waals surface area contributed by atoms with Gasteiger partial charge in [-0.15, -0.1) is 0 Å². The number of fused-ring (bicyclic) bond motifs is 1. The molecule has 2 N–H and O–H groups in total. The predicted molar refractivity (Wildman–Crippen MR) is 74.6 cm³/mol. The minimum absolute atomic E-state index is 0.0786. The van der Waals surface area contributed by atoms with Crippen LogP contribution >= 0.6 is 0 Å². The number of rotatable bonds is 4. The van der Waals surface area contributed by atoms with Gasteiger partial charge in [0.2, 0.25) is 0 Å². The molecule has 0 radical (unpaired) electrons. The van der Waals surface area contributed by atoms with Crippen molar-refractivity contribution < 1.29 is 13.9 Å². The summed E-state index contributed by atoms with van der Waals surface area (Å²) in [4.78, 5) is 24.8. The van der Waals surface area contributed by atoms with Gasteiger partial charge >= 0.3 is 0 Å². The molecule has 0 aliphatic heterocycles. The number of hydrogen-bond donors (Lipinski definition) is 1. The minimum atomic E-state index is -0.184. The average molecular weight is 276 g/mol. The number of carbonyl (C=O) groups is 1. The highest BCUT2D eigenvalue weighted by Crippen LogP contribution is 2.19. The lowest BCUT2D eigenvalue weighted by Crippen LogP contribution is -2.27. The highest BCUT2D eigenvalue weighted by atomic mass is 16.5. The molecule has 0 aliphatic rings. The van der Waals surface area contributed by atoms with Crippen molar-refractivity contribution in [2.45, 2.75) is 6.54 Å². The molecular weight excluding hydrogens is 260 g/mol. The first-order chi connectivity index (χ1) is 9.51. The van der Waals surface area contributed by atoms with E-state index < -0.39 is 0 Å². The van der Waals surface area contributed by atoms with E-state index in [4.69, 9.17) is 14.9 Å². The smallest absolute Gasteiger partial charge is 0.259 e. The fraction of sp³-hybridized carbons (Fsp3) is 0.286. The molecular formula is C14H16N2O4. The molecule has 1 amide bonds. The van der Waals surface area contributed by atoms with Crippen LogP contribution in [0.15, 0.2) is 33.5 Å². The van der Waals surface area contributed by atoms with Crippen LogP contribution in [0.25, 0.3) is 11.0 Å². The van der Waals surface area contributed by atoms with Gasteiger partial charge in [-0.05, 0) is 18.2 Å². The lowest BCUT2D eigenvalue weighted by Gasteiger charge is -2.11. The van der Waals surface area contributed by atoms with Crippen molar-refractivity contribution in [3.8, 4) is 5.75 Å². The molecule has 0 saturated heterocycles. The molecule has 6 nitrogen and oxygen atoms in total. The molecule has 0 atom stereocenters. The lowest BCUT2D eigenvalue weighted by atomic mass is 10.2. The first-order valence-corrected chi connectivity index (χ1v) is 6.11. The second kappa shape index (κ2) is 5.75. The van der Waals surface area contributed by atoms with Gasteiger partial charge in [-0.25, -0.2) is 0 Å². The van der Waals surface area contributed by atoms with Crippen LogP contribution in [-0.4, -0.2) is 31.5 Å². The van der Waals surface area contributed by atoms with Crippen LogP contribution in [0, 0.1) is 0 Å². The maximum atomic E-state index is 11.9. The molecule has 0 unspecified atom stereocenters. The third-order valence-corrected chi connectivity index (χ3v) is 2.81. The summed E-state index contributed by atoms with van der Waals surface area (Å²) in [5.41, 5.74) is 5.71.